The van der Waals surface area contributed by atoms with Crippen LogP contribution in [0.15, 0.2) is 0 Å². The van der Waals surface area contributed by atoms with Crippen LogP contribution in [0.3, 0.4) is 0 Å². The molecule has 0 radical (unpaired) electrons. The van der Waals surface area contributed by atoms with Crippen molar-refractivity contribution in [2.45, 2.75) is 47.0 Å². The summed E-state index contributed by atoms with van der Waals surface area (Å²) in [6, 6.07) is 0. The van der Waals surface area contributed by atoms with Gasteiger partial charge in [0.1, 0.15) is 0 Å². The van der Waals surface area contributed by atoms with Crippen LogP contribution in [-0.4, -0.2) is 31.1 Å². The molecule has 0 spiro atoms. The smallest absolute Gasteiger partial charge is 0.00126 e. The van der Waals surface area contributed by atoms with E-state index in [0.717, 1.165) is 30.2 Å². The number of nitrogens with zero attached hydrogens (tertiary/aromatic N) is 1. The summed E-state index contributed by atoms with van der Waals surface area (Å²) >= 11 is 0. The predicted octanol–water partition coefficient (Wildman–Crippen LogP) is 2.98. The molecule has 1 heterocycles. The molecule has 0 bridgehead atoms. The summed E-state index contributed by atoms with van der Waals surface area (Å²) < 4.78 is 0. The molecule has 2 atom stereocenters. The third-order valence-corrected chi connectivity index (χ3v) is 4.24. The fourth-order valence-electron chi connectivity index (χ4n) is 2.97. The second-order valence-electron chi connectivity index (χ2n) is 6.61. The second-order valence-corrected chi connectivity index (χ2v) is 6.61. The van der Waals surface area contributed by atoms with E-state index in [4.69, 9.17) is 5.73 Å². The summed E-state index contributed by atoms with van der Waals surface area (Å²) in [4.78, 5) is 2.65. The van der Waals surface area contributed by atoms with Gasteiger partial charge in [-0.05, 0) is 62.6 Å². The van der Waals surface area contributed by atoms with Gasteiger partial charge in [-0.1, -0.05) is 27.7 Å². The zero-order valence-electron chi connectivity index (χ0n) is 12.3. The average molecular weight is 240 g/mol. The van der Waals surface area contributed by atoms with E-state index < -0.39 is 0 Å². The Morgan fingerprint density at radius 2 is 1.94 bits per heavy atom. The van der Waals surface area contributed by atoms with E-state index >= 15 is 0 Å². The van der Waals surface area contributed by atoms with Gasteiger partial charge < -0.3 is 10.6 Å². The Kier molecular flexibility index (Phi) is 6.50. The summed E-state index contributed by atoms with van der Waals surface area (Å²) in [6.45, 7) is 14.1. The molecular weight excluding hydrogens is 208 g/mol. The fourth-order valence-corrected chi connectivity index (χ4v) is 2.97. The number of hydrogen-bond donors (Lipinski definition) is 1. The van der Waals surface area contributed by atoms with Gasteiger partial charge in [0.05, 0.1) is 0 Å². The SMILES string of the molecule is CC(C)CC(CN)CCN1CCC(C(C)C)C1. The van der Waals surface area contributed by atoms with Crippen molar-refractivity contribution in [3.63, 3.8) is 0 Å². The Bertz CT molecular complexity index is 201. The van der Waals surface area contributed by atoms with Crippen molar-refractivity contribution < 1.29 is 0 Å². The second kappa shape index (κ2) is 7.38. The van der Waals surface area contributed by atoms with E-state index in [9.17, 15) is 0 Å². The summed E-state index contributed by atoms with van der Waals surface area (Å²) in [7, 11) is 0. The largest absolute Gasteiger partial charge is 0.330 e. The zero-order valence-corrected chi connectivity index (χ0v) is 12.3. The first kappa shape index (κ1) is 15.0. The van der Waals surface area contributed by atoms with E-state index in [0.29, 0.717) is 0 Å². The van der Waals surface area contributed by atoms with Crippen LogP contribution >= 0.6 is 0 Å². The van der Waals surface area contributed by atoms with E-state index in [1.807, 2.05) is 0 Å². The van der Waals surface area contributed by atoms with Gasteiger partial charge in [0.25, 0.3) is 0 Å². The van der Waals surface area contributed by atoms with Gasteiger partial charge in [0.15, 0.2) is 0 Å². The van der Waals surface area contributed by atoms with E-state index in [1.54, 1.807) is 0 Å². The van der Waals surface area contributed by atoms with Gasteiger partial charge in [-0.25, -0.2) is 0 Å². The third-order valence-electron chi connectivity index (χ3n) is 4.24. The quantitative estimate of drug-likeness (QED) is 0.741. The lowest BCUT2D eigenvalue weighted by molar-refractivity contribution is 0.268. The molecule has 102 valence electrons. The first-order valence-corrected chi connectivity index (χ1v) is 7.45. The highest BCUT2D eigenvalue weighted by atomic mass is 15.1. The number of rotatable bonds is 7. The highest BCUT2D eigenvalue weighted by molar-refractivity contribution is 4.78. The van der Waals surface area contributed by atoms with Crippen LogP contribution in [0.1, 0.15) is 47.0 Å². The summed E-state index contributed by atoms with van der Waals surface area (Å²) in [6.07, 6.45) is 3.98. The summed E-state index contributed by atoms with van der Waals surface area (Å²) in [5.41, 5.74) is 5.86. The Morgan fingerprint density at radius 1 is 1.24 bits per heavy atom. The van der Waals surface area contributed by atoms with E-state index in [-0.39, 0.29) is 0 Å². The minimum atomic E-state index is 0.730. The van der Waals surface area contributed by atoms with Crippen molar-refractivity contribution in [1.82, 2.24) is 4.90 Å². The number of likely N-dealkylation sites (tertiary alicyclic amines) is 1. The molecule has 2 N–H and O–H groups in total. The standard InChI is InChI=1S/C15H32N2/c1-12(2)9-14(10-16)5-7-17-8-6-15(11-17)13(3)4/h12-15H,5-11,16H2,1-4H3. The van der Waals surface area contributed by atoms with Gasteiger partial charge in [-0.15, -0.1) is 0 Å². The highest BCUT2D eigenvalue weighted by Crippen LogP contribution is 2.24. The van der Waals surface area contributed by atoms with Gasteiger partial charge >= 0.3 is 0 Å². The predicted molar refractivity (Wildman–Crippen MR) is 76.0 cm³/mol. The fraction of sp³-hybridized carbons (Fsp3) is 1.00. The van der Waals surface area contributed by atoms with Crippen LogP contribution in [-0.2, 0) is 0 Å². The van der Waals surface area contributed by atoms with Crippen LogP contribution in [0.4, 0.5) is 0 Å². The van der Waals surface area contributed by atoms with Gasteiger partial charge in [0.2, 0.25) is 0 Å². The van der Waals surface area contributed by atoms with Crippen molar-refractivity contribution in [3.8, 4) is 0 Å². The molecule has 0 saturated carbocycles. The molecule has 0 aromatic rings. The molecule has 2 unspecified atom stereocenters. The lowest BCUT2D eigenvalue weighted by Gasteiger charge is -2.22. The molecular formula is C15H32N2. The Hall–Kier alpha value is -0.0800. The topological polar surface area (TPSA) is 29.3 Å². The lowest BCUT2D eigenvalue weighted by atomic mass is 9.94. The molecule has 1 aliphatic heterocycles. The molecule has 0 aliphatic carbocycles. The minimum Gasteiger partial charge on any atom is -0.330 e. The maximum absolute atomic E-state index is 5.86. The van der Waals surface area contributed by atoms with Crippen LogP contribution in [0.2, 0.25) is 0 Å². The molecule has 0 aromatic carbocycles. The molecule has 0 amide bonds. The molecule has 1 fully saturated rings. The van der Waals surface area contributed by atoms with Crippen LogP contribution in [0.5, 0.6) is 0 Å². The normalized spacial score (nSPS) is 23.8. The van der Waals surface area contributed by atoms with Crippen molar-refractivity contribution >= 4 is 0 Å². The summed E-state index contributed by atoms with van der Waals surface area (Å²) in [5.74, 6) is 3.29. The third kappa shape index (κ3) is 5.39. The first-order chi connectivity index (χ1) is 8.02. The Morgan fingerprint density at radius 3 is 2.41 bits per heavy atom. The Labute approximate surface area is 108 Å². The zero-order chi connectivity index (χ0) is 12.8. The maximum Gasteiger partial charge on any atom is 0.00126 e. The molecule has 1 rings (SSSR count). The lowest BCUT2D eigenvalue weighted by Crippen LogP contribution is -2.27. The van der Waals surface area contributed by atoms with Gasteiger partial charge in [-0.2, -0.15) is 0 Å². The van der Waals surface area contributed by atoms with Crippen molar-refractivity contribution in [2.75, 3.05) is 26.2 Å². The molecule has 0 aromatic heterocycles. The van der Waals surface area contributed by atoms with E-state index in [1.165, 1.54) is 38.9 Å². The van der Waals surface area contributed by atoms with Crippen LogP contribution in [0, 0.1) is 23.7 Å². The van der Waals surface area contributed by atoms with Gasteiger partial charge in [0, 0.05) is 6.54 Å². The van der Waals surface area contributed by atoms with Gasteiger partial charge in [-0.3, -0.25) is 0 Å². The average Bonchev–Trinajstić information content (AvgIpc) is 2.72. The molecule has 17 heavy (non-hydrogen) atoms. The van der Waals surface area contributed by atoms with Crippen LogP contribution < -0.4 is 5.73 Å². The number of hydrogen-bond acceptors (Lipinski definition) is 2. The molecule has 2 heteroatoms. The van der Waals surface area contributed by atoms with Crippen molar-refractivity contribution in [1.29, 1.82) is 0 Å². The molecule has 2 nitrogen and oxygen atoms in total. The summed E-state index contributed by atoms with van der Waals surface area (Å²) in [5, 5.41) is 0. The molecule has 1 saturated heterocycles. The maximum atomic E-state index is 5.86. The van der Waals surface area contributed by atoms with Crippen molar-refractivity contribution in [2.24, 2.45) is 29.4 Å². The van der Waals surface area contributed by atoms with Crippen LogP contribution in [0.25, 0.3) is 0 Å². The van der Waals surface area contributed by atoms with Crippen molar-refractivity contribution in [3.05, 3.63) is 0 Å². The molecule has 1 aliphatic rings. The monoisotopic (exact) mass is 240 g/mol. The highest BCUT2D eigenvalue weighted by Gasteiger charge is 2.24. The number of nitrogens with two attached hydrogens (primary N) is 1. The first-order valence-electron chi connectivity index (χ1n) is 7.45. The van der Waals surface area contributed by atoms with E-state index in [2.05, 4.69) is 32.6 Å². The Balaban J connectivity index is 2.22. The minimum absolute atomic E-state index is 0.730.